The van der Waals surface area contributed by atoms with Crippen molar-refractivity contribution in [2.24, 2.45) is 23.0 Å². The van der Waals surface area contributed by atoms with E-state index < -0.39 is 63.8 Å². The molecule has 0 heterocycles. The van der Waals surface area contributed by atoms with Crippen LogP contribution < -0.4 is 16.0 Å². The van der Waals surface area contributed by atoms with E-state index in [4.69, 9.17) is 5.73 Å². The number of aromatic hydroxyl groups is 1. The molecule has 7 N–H and O–H groups in total. The maximum absolute atomic E-state index is 14.1. The quantitative estimate of drug-likeness (QED) is 0.212. The molecule has 1 aromatic rings. The van der Waals surface area contributed by atoms with Gasteiger partial charge in [0.2, 0.25) is 11.7 Å². The predicted molar refractivity (Wildman–Crippen MR) is 156 cm³/mol. The Morgan fingerprint density at radius 1 is 1.12 bits per heavy atom. The summed E-state index contributed by atoms with van der Waals surface area (Å²) in [6.45, 7) is 6.01. The number of phenolic OH excluding ortho intramolecular Hbond substituents is 1. The van der Waals surface area contributed by atoms with Crippen LogP contribution in [0.2, 0.25) is 0 Å². The third-order valence-corrected chi connectivity index (χ3v) is 8.56. The molecule has 0 aliphatic heterocycles. The molecule has 3 aliphatic rings. The van der Waals surface area contributed by atoms with Gasteiger partial charge in [-0.05, 0) is 56.3 Å². The summed E-state index contributed by atoms with van der Waals surface area (Å²) in [5.74, 6) is -7.59. The van der Waals surface area contributed by atoms with Crippen LogP contribution in [0.1, 0.15) is 51.2 Å². The SMILES string of the molecule is CN(C)c1cc(NC(=O)CCC(C)(C)C)c(O)c2c1C[C@@H]1C[C@@H]3[C@@H](N(C)C)C(=O)C(C(N)=O)=C(O)[C@]3(O)C(=O)C1=C2O. The number of hydrogen-bond acceptors (Lipinski definition) is 10. The van der Waals surface area contributed by atoms with Crippen LogP contribution in [0, 0.1) is 17.3 Å². The van der Waals surface area contributed by atoms with E-state index in [-0.39, 0.29) is 47.4 Å². The van der Waals surface area contributed by atoms with Gasteiger partial charge in [-0.3, -0.25) is 24.1 Å². The molecule has 1 fully saturated rings. The summed E-state index contributed by atoms with van der Waals surface area (Å²) in [5.41, 5.74) is 2.49. The smallest absolute Gasteiger partial charge is 0.255 e. The summed E-state index contributed by atoms with van der Waals surface area (Å²) in [6.07, 6.45) is 0.925. The van der Waals surface area contributed by atoms with Gasteiger partial charge in [-0.1, -0.05) is 20.8 Å². The number of carbonyl (C=O) groups excluding carboxylic acids is 4. The van der Waals surface area contributed by atoms with E-state index in [9.17, 15) is 39.6 Å². The van der Waals surface area contributed by atoms with E-state index in [1.807, 2.05) is 20.8 Å². The molecule has 2 amide bonds. The van der Waals surface area contributed by atoms with Crippen LogP contribution in [0.5, 0.6) is 5.75 Å². The van der Waals surface area contributed by atoms with Crippen LogP contribution in [0.4, 0.5) is 11.4 Å². The molecule has 0 saturated heterocycles. The van der Waals surface area contributed by atoms with E-state index in [0.29, 0.717) is 17.7 Å². The van der Waals surface area contributed by atoms with Gasteiger partial charge in [-0.25, -0.2) is 0 Å². The van der Waals surface area contributed by atoms with Gasteiger partial charge in [0, 0.05) is 37.7 Å². The van der Waals surface area contributed by atoms with Crippen LogP contribution in [0.15, 0.2) is 23.0 Å². The highest BCUT2D eigenvalue weighted by atomic mass is 16.3. The zero-order valence-electron chi connectivity index (χ0n) is 25.0. The molecular weight excluding hydrogens is 544 g/mol. The van der Waals surface area contributed by atoms with Crippen LogP contribution in [0.25, 0.3) is 5.76 Å². The normalized spacial score (nSPS) is 25.7. The van der Waals surface area contributed by atoms with E-state index in [1.54, 1.807) is 39.2 Å². The summed E-state index contributed by atoms with van der Waals surface area (Å²) >= 11 is 0. The van der Waals surface area contributed by atoms with Crippen molar-refractivity contribution in [3.05, 3.63) is 34.1 Å². The number of nitrogens with zero attached hydrogens (tertiary/aromatic N) is 2. The predicted octanol–water partition coefficient (Wildman–Crippen LogP) is 1.79. The number of ketones is 2. The number of Topliss-reactive ketones (excluding diaryl/α,β-unsaturated/α-hetero) is 2. The Morgan fingerprint density at radius 3 is 2.26 bits per heavy atom. The molecule has 4 atom stereocenters. The van der Waals surface area contributed by atoms with Crippen molar-refractivity contribution in [2.75, 3.05) is 38.4 Å². The third-order valence-electron chi connectivity index (χ3n) is 8.56. The number of benzene rings is 1. The highest BCUT2D eigenvalue weighted by molar-refractivity contribution is 6.24. The van der Waals surface area contributed by atoms with Crippen molar-refractivity contribution >= 4 is 40.5 Å². The van der Waals surface area contributed by atoms with Gasteiger partial charge in [0.25, 0.3) is 5.91 Å². The summed E-state index contributed by atoms with van der Waals surface area (Å²) in [5, 5.41) is 48.4. The highest BCUT2D eigenvalue weighted by Crippen LogP contribution is 2.54. The van der Waals surface area contributed by atoms with Crippen molar-refractivity contribution < 1.29 is 39.6 Å². The first-order chi connectivity index (χ1) is 19.3. The first kappa shape index (κ1) is 31.0. The number of aliphatic hydroxyl groups is 3. The van der Waals surface area contributed by atoms with Crippen molar-refractivity contribution in [1.29, 1.82) is 0 Å². The van der Waals surface area contributed by atoms with Gasteiger partial charge in [0.05, 0.1) is 17.3 Å². The highest BCUT2D eigenvalue weighted by Gasteiger charge is 2.64. The molecule has 0 bridgehead atoms. The zero-order valence-corrected chi connectivity index (χ0v) is 25.0. The number of anilines is 2. The molecule has 12 heteroatoms. The minimum absolute atomic E-state index is 0.00924. The number of rotatable bonds is 6. The lowest BCUT2D eigenvalue weighted by Crippen LogP contribution is -2.65. The Kier molecular flexibility index (Phi) is 7.71. The average molecular weight is 585 g/mol. The number of hydrogen-bond donors (Lipinski definition) is 6. The average Bonchev–Trinajstić information content (AvgIpc) is 2.85. The number of nitrogens with one attached hydrogen (secondary N) is 1. The number of phenols is 1. The molecule has 0 aromatic heterocycles. The van der Waals surface area contributed by atoms with Crippen LogP contribution in [-0.2, 0) is 25.6 Å². The topological polar surface area (TPSA) is 194 Å². The third kappa shape index (κ3) is 4.82. The summed E-state index contributed by atoms with van der Waals surface area (Å²) in [7, 11) is 6.61. The number of carbonyl (C=O) groups is 4. The fraction of sp³-hybridized carbons (Fsp3) is 0.533. The lowest BCUT2D eigenvalue weighted by atomic mass is 9.57. The monoisotopic (exact) mass is 584 g/mol. The minimum atomic E-state index is -2.72. The second kappa shape index (κ2) is 10.4. The molecule has 42 heavy (non-hydrogen) atoms. The molecular formula is C30H40N4O8. The molecule has 4 rings (SSSR count). The first-order valence-corrected chi connectivity index (χ1v) is 13.8. The maximum Gasteiger partial charge on any atom is 0.255 e. The number of likely N-dealkylation sites (N-methyl/N-ethyl adjacent to an activating group) is 1. The second-order valence-electron chi connectivity index (χ2n) is 13.1. The molecule has 0 unspecified atom stereocenters. The minimum Gasteiger partial charge on any atom is -0.508 e. The van der Waals surface area contributed by atoms with E-state index >= 15 is 0 Å². The van der Waals surface area contributed by atoms with Crippen molar-refractivity contribution in [2.45, 2.75) is 58.1 Å². The second-order valence-corrected chi connectivity index (χ2v) is 13.1. The first-order valence-electron chi connectivity index (χ1n) is 13.8. The molecule has 0 spiro atoms. The summed E-state index contributed by atoms with van der Waals surface area (Å²) < 4.78 is 0. The lowest BCUT2D eigenvalue weighted by Gasteiger charge is -2.50. The van der Waals surface area contributed by atoms with Gasteiger partial charge in [-0.2, -0.15) is 0 Å². The van der Waals surface area contributed by atoms with Gasteiger partial charge in [0.1, 0.15) is 22.8 Å². The number of primary amides is 1. The largest absolute Gasteiger partial charge is 0.508 e. The summed E-state index contributed by atoms with van der Waals surface area (Å²) in [6, 6.07) is 0.443. The van der Waals surface area contributed by atoms with Gasteiger partial charge < -0.3 is 36.4 Å². The fourth-order valence-electron chi connectivity index (χ4n) is 6.49. The number of amides is 2. The van der Waals surface area contributed by atoms with Gasteiger partial charge in [-0.15, -0.1) is 0 Å². The Labute approximate surface area is 244 Å². The van der Waals surface area contributed by atoms with Crippen LogP contribution >= 0.6 is 0 Å². The number of fused-ring (bicyclic) bond motifs is 3. The Bertz CT molecular complexity index is 1450. The van der Waals surface area contributed by atoms with Crippen LogP contribution in [0.3, 0.4) is 0 Å². The van der Waals surface area contributed by atoms with Gasteiger partial charge in [0.15, 0.2) is 11.4 Å². The van der Waals surface area contributed by atoms with Crippen LogP contribution in [-0.4, -0.2) is 88.5 Å². The summed E-state index contributed by atoms with van der Waals surface area (Å²) in [4.78, 5) is 55.4. The fourth-order valence-corrected chi connectivity index (χ4v) is 6.49. The van der Waals surface area contributed by atoms with E-state index in [1.165, 1.54) is 4.90 Å². The molecule has 1 aromatic carbocycles. The molecule has 228 valence electrons. The molecule has 0 radical (unpaired) electrons. The Morgan fingerprint density at radius 2 is 1.74 bits per heavy atom. The molecule has 3 aliphatic carbocycles. The Hall–Kier alpha value is -3.90. The van der Waals surface area contributed by atoms with E-state index in [2.05, 4.69) is 5.32 Å². The Balaban J connectivity index is 1.89. The lowest BCUT2D eigenvalue weighted by molar-refractivity contribution is -0.153. The zero-order chi connectivity index (χ0) is 31.6. The molecule has 12 nitrogen and oxygen atoms in total. The maximum atomic E-state index is 14.1. The number of nitrogens with two attached hydrogens (primary N) is 1. The van der Waals surface area contributed by atoms with E-state index in [0.717, 1.165) is 0 Å². The molecule has 1 saturated carbocycles. The van der Waals surface area contributed by atoms with Gasteiger partial charge >= 0.3 is 0 Å². The van der Waals surface area contributed by atoms with Crippen molar-refractivity contribution in [1.82, 2.24) is 4.90 Å². The van der Waals surface area contributed by atoms with Crippen molar-refractivity contribution in [3.63, 3.8) is 0 Å². The van der Waals surface area contributed by atoms with Crippen molar-refractivity contribution in [3.8, 4) is 5.75 Å². The number of aliphatic hydroxyl groups excluding tert-OH is 2. The standard InChI is InChI=1S/C30H40N4O8/c1-29(2,3)9-8-18(35)32-16-12-17(33(4)5)14-10-13-11-15-22(34(6)7)25(38)21(28(31)41)27(40)30(15,42)26(39)19(13)24(37)20(14)23(16)36/h12-13,15,22,36-37,40,42H,8-11H2,1-7H3,(H2,31,41)(H,32,35)/t13-,15-,22-,30-/m1/s1.